The molecule has 0 saturated carbocycles. The molecule has 30 heavy (non-hydrogen) atoms. The average molecular weight is 411 g/mol. The number of benzene rings is 2. The van der Waals surface area contributed by atoms with Gasteiger partial charge in [-0.1, -0.05) is 24.3 Å². The minimum Gasteiger partial charge on any atom is -0.352 e. The fourth-order valence-electron chi connectivity index (χ4n) is 3.49. The SMILES string of the molecule is O=C(NCc1cccc(Cn2cncn2)c1)C1CC(=O)N(c2ccc(F)cc2F)C1. The summed E-state index contributed by atoms with van der Waals surface area (Å²) in [7, 11) is 0. The molecule has 3 aromatic rings. The van der Waals surface area contributed by atoms with Crippen molar-refractivity contribution in [2.75, 3.05) is 11.4 Å². The summed E-state index contributed by atoms with van der Waals surface area (Å²) in [6.45, 7) is 0.927. The maximum atomic E-state index is 14.0. The summed E-state index contributed by atoms with van der Waals surface area (Å²) in [6, 6.07) is 10.7. The highest BCUT2D eigenvalue weighted by Crippen LogP contribution is 2.28. The molecule has 1 aliphatic rings. The van der Waals surface area contributed by atoms with E-state index in [1.165, 1.54) is 17.3 Å². The predicted molar refractivity (Wildman–Crippen MR) is 104 cm³/mol. The molecule has 0 radical (unpaired) electrons. The van der Waals surface area contributed by atoms with Crippen molar-refractivity contribution in [1.29, 1.82) is 0 Å². The van der Waals surface area contributed by atoms with Crippen LogP contribution in [0.3, 0.4) is 0 Å². The Bertz CT molecular complexity index is 1070. The fraction of sp³-hybridized carbons (Fsp3) is 0.238. The second-order valence-electron chi connectivity index (χ2n) is 7.13. The first kappa shape index (κ1) is 19.7. The van der Waals surface area contributed by atoms with Crippen molar-refractivity contribution in [1.82, 2.24) is 20.1 Å². The number of amides is 2. The molecule has 9 heteroatoms. The van der Waals surface area contributed by atoms with Gasteiger partial charge < -0.3 is 10.2 Å². The Morgan fingerprint density at radius 2 is 2.00 bits per heavy atom. The number of nitrogens with one attached hydrogen (secondary N) is 1. The van der Waals surface area contributed by atoms with Gasteiger partial charge in [0.05, 0.1) is 18.2 Å². The van der Waals surface area contributed by atoms with Crippen LogP contribution in [-0.4, -0.2) is 33.1 Å². The molecule has 7 nitrogen and oxygen atoms in total. The summed E-state index contributed by atoms with van der Waals surface area (Å²) < 4.78 is 28.8. The first-order chi connectivity index (χ1) is 14.5. The molecule has 1 fully saturated rings. The van der Waals surface area contributed by atoms with Gasteiger partial charge in [0.2, 0.25) is 11.8 Å². The van der Waals surface area contributed by atoms with Crippen LogP contribution in [0.15, 0.2) is 55.1 Å². The van der Waals surface area contributed by atoms with Crippen LogP contribution < -0.4 is 10.2 Å². The van der Waals surface area contributed by atoms with Gasteiger partial charge in [-0.3, -0.25) is 9.59 Å². The Balaban J connectivity index is 1.36. The summed E-state index contributed by atoms with van der Waals surface area (Å²) in [6.07, 6.45) is 3.07. The van der Waals surface area contributed by atoms with Gasteiger partial charge in [-0.15, -0.1) is 0 Å². The van der Waals surface area contributed by atoms with E-state index in [4.69, 9.17) is 0 Å². The normalized spacial score (nSPS) is 16.1. The number of aromatic nitrogens is 3. The van der Waals surface area contributed by atoms with Gasteiger partial charge in [-0.05, 0) is 23.3 Å². The Hall–Kier alpha value is -3.62. The number of anilines is 1. The van der Waals surface area contributed by atoms with Gasteiger partial charge in [0.25, 0.3) is 0 Å². The molecule has 0 spiro atoms. The molecule has 1 atom stereocenters. The molecule has 2 aromatic carbocycles. The summed E-state index contributed by atoms with van der Waals surface area (Å²) in [5.41, 5.74) is 1.91. The predicted octanol–water partition coefficient (Wildman–Crippen LogP) is 2.27. The Morgan fingerprint density at radius 1 is 1.17 bits per heavy atom. The molecule has 154 valence electrons. The average Bonchev–Trinajstić information content (AvgIpc) is 3.36. The molecule has 1 aromatic heterocycles. The van der Waals surface area contributed by atoms with Crippen molar-refractivity contribution < 1.29 is 18.4 Å². The lowest BCUT2D eigenvalue weighted by atomic mass is 10.1. The lowest BCUT2D eigenvalue weighted by Crippen LogP contribution is -2.32. The summed E-state index contributed by atoms with van der Waals surface area (Å²) in [5, 5.41) is 6.91. The van der Waals surface area contributed by atoms with E-state index in [0.29, 0.717) is 13.1 Å². The van der Waals surface area contributed by atoms with Crippen molar-refractivity contribution in [3.63, 3.8) is 0 Å². The van der Waals surface area contributed by atoms with Crippen molar-refractivity contribution in [2.45, 2.75) is 19.5 Å². The topological polar surface area (TPSA) is 80.1 Å². The molecule has 0 bridgehead atoms. The van der Waals surface area contributed by atoms with Gasteiger partial charge in [0.15, 0.2) is 0 Å². The van der Waals surface area contributed by atoms with E-state index in [1.54, 1.807) is 11.0 Å². The lowest BCUT2D eigenvalue weighted by Gasteiger charge is -2.17. The van der Waals surface area contributed by atoms with Gasteiger partial charge in [-0.2, -0.15) is 5.10 Å². The first-order valence-electron chi connectivity index (χ1n) is 9.43. The van der Waals surface area contributed by atoms with Gasteiger partial charge >= 0.3 is 0 Å². The molecule has 1 saturated heterocycles. The van der Waals surface area contributed by atoms with Crippen LogP contribution in [-0.2, 0) is 22.7 Å². The highest BCUT2D eigenvalue weighted by molar-refractivity contribution is 6.00. The molecular weight excluding hydrogens is 392 g/mol. The van der Waals surface area contributed by atoms with Crippen LogP contribution in [0.1, 0.15) is 17.5 Å². The summed E-state index contributed by atoms with van der Waals surface area (Å²) in [4.78, 5) is 29.9. The number of nitrogens with zero attached hydrogens (tertiary/aromatic N) is 4. The van der Waals surface area contributed by atoms with Crippen LogP contribution in [0.4, 0.5) is 14.5 Å². The number of carbonyl (C=O) groups is 2. The van der Waals surface area contributed by atoms with E-state index in [-0.39, 0.29) is 30.5 Å². The minimum absolute atomic E-state index is 0.0162. The molecule has 1 unspecified atom stereocenters. The molecule has 2 heterocycles. The van der Waals surface area contributed by atoms with Crippen molar-refractivity contribution in [2.24, 2.45) is 5.92 Å². The number of hydrogen-bond donors (Lipinski definition) is 1. The van der Waals surface area contributed by atoms with Crippen LogP contribution in [0.5, 0.6) is 0 Å². The Labute approximate surface area is 171 Å². The lowest BCUT2D eigenvalue weighted by molar-refractivity contribution is -0.126. The minimum atomic E-state index is -0.825. The quantitative estimate of drug-likeness (QED) is 0.675. The summed E-state index contributed by atoms with van der Waals surface area (Å²) >= 11 is 0. The van der Waals surface area contributed by atoms with Crippen LogP contribution in [0.25, 0.3) is 0 Å². The third kappa shape index (κ3) is 4.35. The monoisotopic (exact) mass is 411 g/mol. The standard InChI is InChI=1S/C21H19F2N5O2/c22-17-4-5-19(18(23)8-17)28-11-16(7-20(28)29)21(30)25-9-14-2-1-3-15(6-14)10-27-13-24-12-26-27/h1-6,8,12-13,16H,7,9-11H2,(H,25,30). The molecule has 1 N–H and O–H groups in total. The highest BCUT2D eigenvalue weighted by Gasteiger charge is 2.36. The van der Waals surface area contributed by atoms with Crippen molar-refractivity contribution in [3.05, 3.63) is 77.9 Å². The van der Waals surface area contributed by atoms with E-state index < -0.39 is 17.6 Å². The number of halogens is 2. The Morgan fingerprint density at radius 3 is 2.77 bits per heavy atom. The van der Waals surface area contributed by atoms with Crippen LogP contribution in [0.2, 0.25) is 0 Å². The van der Waals surface area contributed by atoms with E-state index in [1.807, 2.05) is 24.3 Å². The molecule has 1 aliphatic heterocycles. The zero-order valence-electron chi connectivity index (χ0n) is 16.0. The van der Waals surface area contributed by atoms with Gasteiger partial charge in [0, 0.05) is 25.6 Å². The maximum absolute atomic E-state index is 14.0. The van der Waals surface area contributed by atoms with Crippen LogP contribution in [0, 0.1) is 17.6 Å². The number of rotatable bonds is 6. The highest BCUT2D eigenvalue weighted by atomic mass is 19.1. The Kier molecular flexibility index (Phi) is 5.51. The fourth-order valence-corrected chi connectivity index (χ4v) is 3.49. The largest absolute Gasteiger partial charge is 0.352 e. The number of carbonyl (C=O) groups excluding carboxylic acids is 2. The molecule has 4 rings (SSSR count). The van der Waals surface area contributed by atoms with Gasteiger partial charge in [-0.25, -0.2) is 18.4 Å². The van der Waals surface area contributed by atoms with E-state index in [9.17, 15) is 18.4 Å². The van der Waals surface area contributed by atoms with E-state index in [2.05, 4.69) is 15.4 Å². The maximum Gasteiger partial charge on any atom is 0.227 e. The zero-order chi connectivity index (χ0) is 21.1. The zero-order valence-corrected chi connectivity index (χ0v) is 16.0. The van der Waals surface area contributed by atoms with E-state index in [0.717, 1.165) is 23.3 Å². The second-order valence-corrected chi connectivity index (χ2v) is 7.13. The summed E-state index contributed by atoms with van der Waals surface area (Å²) in [5.74, 6) is -2.79. The van der Waals surface area contributed by atoms with Gasteiger partial charge in [0.1, 0.15) is 24.3 Å². The van der Waals surface area contributed by atoms with Crippen molar-refractivity contribution >= 4 is 17.5 Å². The van der Waals surface area contributed by atoms with Crippen molar-refractivity contribution in [3.8, 4) is 0 Å². The molecule has 0 aliphatic carbocycles. The third-order valence-electron chi connectivity index (χ3n) is 4.97. The molecule has 2 amide bonds. The first-order valence-corrected chi connectivity index (χ1v) is 9.43. The number of hydrogen-bond acceptors (Lipinski definition) is 4. The van der Waals surface area contributed by atoms with E-state index >= 15 is 0 Å². The van der Waals surface area contributed by atoms with Crippen LogP contribution >= 0.6 is 0 Å². The third-order valence-corrected chi connectivity index (χ3v) is 4.97. The second kappa shape index (κ2) is 8.40. The molecular formula is C21H19F2N5O2. The smallest absolute Gasteiger partial charge is 0.227 e.